The molecule has 0 radical (unpaired) electrons. The van der Waals surface area contributed by atoms with E-state index in [9.17, 15) is 9.59 Å². The van der Waals surface area contributed by atoms with Crippen LogP contribution < -0.4 is 15.4 Å². The van der Waals surface area contributed by atoms with Crippen molar-refractivity contribution in [3.63, 3.8) is 0 Å². The van der Waals surface area contributed by atoms with Crippen LogP contribution in [0.5, 0.6) is 5.75 Å². The molecule has 5 rings (SSSR count). The molecule has 2 saturated heterocycles. The van der Waals surface area contributed by atoms with E-state index in [0.29, 0.717) is 24.9 Å². The Hall–Kier alpha value is -3.16. The summed E-state index contributed by atoms with van der Waals surface area (Å²) in [5.41, 5.74) is 3.60. The number of benzene rings is 2. The molecule has 3 heterocycles. The van der Waals surface area contributed by atoms with Crippen molar-refractivity contribution in [3.05, 3.63) is 77.5 Å². The van der Waals surface area contributed by atoms with Crippen molar-refractivity contribution < 1.29 is 14.3 Å². The molecule has 0 saturated carbocycles. The molecule has 0 aromatic heterocycles. The summed E-state index contributed by atoms with van der Waals surface area (Å²) in [6, 6.07) is 16.1. The highest BCUT2D eigenvalue weighted by Crippen LogP contribution is 2.31. The van der Waals surface area contributed by atoms with E-state index in [-0.39, 0.29) is 24.0 Å². The standard InChI is InChI=1S/C28H34N4O3/c1-3-29-24-13-14-31(16-20-7-5-4-6-8-20)18-26(24)35-22-10-11-23-21(15-22)17-32(28(23)34)25-12-9-19(2)30-27(25)33/h4-8,10-11,15,24-26,29H,2-3,9,12-14,16-18H2,1H3,(H,30,33)/t24-,25?,26-/m0/s1. The molecule has 0 aliphatic carbocycles. The van der Waals surface area contributed by atoms with Crippen LogP contribution in [0.2, 0.25) is 0 Å². The van der Waals surface area contributed by atoms with E-state index in [1.165, 1.54) is 5.56 Å². The van der Waals surface area contributed by atoms with Gasteiger partial charge in [-0.3, -0.25) is 14.5 Å². The van der Waals surface area contributed by atoms with Crippen LogP contribution in [-0.4, -0.2) is 59.4 Å². The first kappa shape index (κ1) is 23.6. The second-order valence-electron chi connectivity index (χ2n) is 9.73. The van der Waals surface area contributed by atoms with E-state index in [0.717, 1.165) is 49.6 Å². The van der Waals surface area contributed by atoms with Gasteiger partial charge >= 0.3 is 0 Å². The smallest absolute Gasteiger partial charge is 0.255 e. The lowest BCUT2D eigenvalue weighted by Crippen LogP contribution is -2.54. The highest BCUT2D eigenvalue weighted by atomic mass is 16.5. The van der Waals surface area contributed by atoms with Gasteiger partial charge in [0, 0.05) is 43.5 Å². The van der Waals surface area contributed by atoms with Crippen molar-refractivity contribution >= 4 is 11.8 Å². The highest BCUT2D eigenvalue weighted by Gasteiger charge is 2.38. The van der Waals surface area contributed by atoms with Gasteiger partial charge in [-0.2, -0.15) is 0 Å². The number of nitrogens with one attached hydrogen (secondary N) is 2. The average Bonchev–Trinajstić information content (AvgIpc) is 3.17. The van der Waals surface area contributed by atoms with E-state index >= 15 is 0 Å². The van der Waals surface area contributed by atoms with Gasteiger partial charge in [-0.15, -0.1) is 0 Å². The molecule has 1 unspecified atom stereocenters. The number of ether oxygens (including phenoxy) is 1. The van der Waals surface area contributed by atoms with Crippen LogP contribution in [0, 0.1) is 0 Å². The molecule has 0 spiro atoms. The van der Waals surface area contributed by atoms with Gasteiger partial charge in [-0.25, -0.2) is 0 Å². The number of hydrogen-bond donors (Lipinski definition) is 2. The van der Waals surface area contributed by atoms with Crippen molar-refractivity contribution in [2.45, 2.75) is 57.5 Å². The maximum Gasteiger partial charge on any atom is 0.255 e. The van der Waals surface area contributed by atoms with Crippen molar-refractivity contribution in [2.24, 2.45) is 0 Å². The van der Waals surface area contributed by atoms with E-state index in [1.54, 1.807) is 4.90 Å². The summed E-state index contributed by atoms with van der Waals surface area (Å²) in [5.74, 6) is 0.541. The molecule has 0 bridgehead atoms. The summed E-state index contributed by atoms with van der Waals surface area (Å²) >= 11 is 0. The third kappa shape index (κ3) is 5.11. The molecular formula is C28H34N4O3. The number of amides is 2. The Bertz CT molecular complexity index is 1100. The zero-order chi connectivity index (χ0) is 24.4. The van der Waals surface area contributed by atoms with E-state index in [4.69, 9.17) is 4.74 Å². The second-order valence-corrected chi connectivity index (χ2v) is 9.73. The fourth-order valence-electron chi connectivity index (χ4n) is 5.46. The first-order chi connectivity index (χ1) is 17.0. The van der Waals surface area contributed by atoms with Gasteiger partial charge in [-0.05, 0) is 55.1 Å². The molecule has 2 aromatic rings. The van der Waals surface area contributed by atoms with Crippen molar-refractivity contribution in [1.29, 1.82) is 0 Å². The van der Waals surface area contributed by atoms with E-state index in [1.807, 2.05) is 24.3 Å². The average molecular weight is 475 g/mol. The summed E-state index contributed by atoms with van der Waals surface area (Å²) < 4.78 is 6.54. The van der Waals surface area contributed by atoms with E-state index in [2.05, 4.69) is 53.3 Å². The number of carbonyl (C=O) groups excluding carboxylic acids is 2. The van der Waals surface area contributed by atoms with Crippen LogP contribution in [0.25, 0.3) is 0 Å². The van der Waals surface area contributed by atoms with Gasteiger partial charge in [0.2, 0.25) is 5.91 Å². The molecule has 2 aromatic carbocycles. The quantitative estimate of drug-likeness (QED) is 0.645. The Morgan fingerprint density at radius 2 is 1.97 bits per heavy atom. The summed E-state index contributed by atoms with van der Waals surface area (Å²) in [4.78, 5) is 29.6. The van der Waals surface area contributed by atoms with Crippen molar-refractivity contribution in [1.82, 2.24) is 20.4 Å². The summed E-state index contributed by atoms with van der Waals surface area (Å²) in [6.45, 7) is 10.1. The van der Waals surface area contributed by atoms with Crippen molar-refractivity contribution in [2.75, 3.05) is 19.6 Å². The van der Waals surface area contributed by atoms with Crippen molar-refractivity contribution in [3.8, 4) is 5.75 Å². The van der Waals surface area contributed by atoms with Crippen LogP contribution in [0.3, 0.4) is 0 Å². The second kappa shape index (κ2) is 10.2. The predicted molar refractivity (Wildman–Crippen MR) is 135 cm³/mol. The zero-order valence-corrected chi connectivity index (χ0v) is 20.3. The topological polar surface area (TPSA) is 73.9 Å². The Morgan fingerprint density at radius 1 is 1.14 bits per heavy atom. The fourth-order valence-corrected chi connectivity index (χ4v) is 5.46. The number of nitrogens with zero attached hydrogens (tertiary/aromatic N) is 2. The number of carbonyl (C=O) groups is 2. The minimum Gasteiger partial charge on any atom is -0.487 e. The number of allylic oxidation sites excluding steroid dienone is 1. The lowest BCUT2D eigenvalue weighted by Gasteiger charge is -2.39. The number of rotatable bonds is 7. The van der Waals surface area contributed by atoms with Crippen LogP contribution >= 0.6 is 0 Å². The number of piperidine rings is 2. The lowest BCUT2D eigenvalue weighted by atomic mass is 10.0. The predicted octanol–water partition coefficient (Wildman–Crippen LogP) is 3.07. The Balaban J connectivity index is 1.28. The fraction of sp³-hybridized carbons (Fsp3) is 0.429. The normalized spacial score (nSPS) is 24.9. The van der Waals surface area contributed by atoms with Crippen LogP contribution in [-0.2, 0) is 17.9 Å². The van der Waals surface area contributed by atoms with Gasteiger partial charge in [0.05, 0.1) is 0 Å². The van der Waals surface area contributed by atoms with Gasteiger partial charge in [0.1, 0.15) is 17.9 Å². The molecular weight excluding hydrogens is 440 g/mol. The molecule has 7 heteroatoms. The summed E-state index contributed by atoms with van der Waals surface area (Å²) in [6.07, 6.45) is 2.33. The molecule has 2 fully saturated rings. The molecule has 3 aliphatic rings. The molecule has 3 aliphatic heterocycles. The number of likely N-dealkylation sites (N-methyl/N-ethyl adjacent to an activating group) is 1. The molecule has 3 atom stereocenters. The molecule has 2 amide bonds. The minimum absolute atomic E-state index is 0.00815. The Morgan fingerprint density at radius 3 is 2.74 bits per heavy atom. The first-order valence-corrected chi connectivity index (χ1v) is 12.6. The van der Waals surface area contributed by atoms with Gasteiger partial charge < -0.3 is 20.3 Å². The van der Waals surface area contributed by atoms with Gasteiger partial charge in [-0.1, -0.05) is 43.8 Å². The zero-order valence-electron chi connectivity index (χ0n) is 20.3. The first-order valence-electron chi connectivity index (χ1n) is 12.6. The monoisotopic (exact) mass is 474 g/mol. The maximum atomic E-state index is 13.0. The summed E-state index contributed by atoms with van der Waals surface area (Å²) in [7, 11) is 0. The molecule has 35 heavy (non-hydrogen) atoms. The number of fused-ring (bicyclic) bond motifs is 1. The maximum absolute atomic E-state index is 13.0. The van der Waals surface area contributed by atoms with Crippen LogP contribution in [0.1, 0.15) is 47.7 Å². The number of hydrogen-bond acceptors (Lipinski definition) is 5. The number of likely N-dealkylation sites (tertiary alicyclic amines) is 1. The molecule has 2 N–H and O–H groups in total. The lowest BCUT2D eigenvalue weighted by molar-refractivity contribution is -0.126. The largest absolute Gasteiger partial charge is 0.487 e. The Kier molecular flexibility index (Phi) is 6.88. The highest BCUT2D eigenvalue weighted by molar-refractivity contribution is 6.01. The Labute approximate surface area is 207 Å². The van der Waals surface area contributed by atoms with Gasteiger partial charge in [0.15, 0.2) is 0 Å². The third-order valence-corrected chi connectivity index (χ3v) is 7.25. The third-order valence-electron chi connectivity index (χ3n) is 7.25. The SMILES string of the molecule is C=C1CCC(N2Cc3cc(O[C@H]4CN(Cc5ccccc5)CC[C@@H]4NCC)ccc3C2=O)C(=O)N1. The summed E-state index contributed by atoms with van der Waals surface area (Å²) in [5, 5.41) is 6.39. The minimum atomic E-state index is -0.451. The molecule has 184 valence electrons. The molecule has 7 nitrogen and oxygen atoms in total. The van der Waals surface area contributed by atoms with E-state index < -0.39 is 6.04 Å². The van der Waals surface area contributed by atoms with Crippen LogP contribution in [0.4, 0.5) is 0 Å². The van der Waals surface area contributed by atoms with Gasteiger partial charge in [0.25, 0.3) is 5.91 Å². The van der Waals surface area contributed by atoms with Crippen LogP contribution in [0.15, 0.2) is 60.8 Å².